The van der Waals surface area contributed by atoms with E-state index in [0.717, 1.165) is 29.7 Å². The zero-order valence-corrected chi connectivity index (χ0v) is 12.1. The maximum atomic E-state index is 10.6. The summed E-state index contributed by atoms with van der Waals surface area (Å²) in [5.74, 6) is 0.377. The summed E-state index contributed by atoms with van der Waals surface area (Å²) in [6.07, 6.45) is 1.35. The van der Waals surface area contributed by atoms with Gasteiger partial charge in [0.15, 0.2) is 0 Å². The summed E-state index contributed by atoms with van der Waals surface area (Å²) < 4.78 is 6.35. The predicted molar refractivity (Wildman–Crippen MR) is 75.4 cm³/mol. The first-order chi connectivity index (χ1) is 8.63. The number of nitrogens with one attached hydrogen (secondary N) is 1. The molecule has 1 amide bonds. The Morgan fingerprint density at radius 1 is 1.50 bits per heavy atom. The number of benzene rings is 1. The Labute approximate surface area is 116 Å². The van der Waals surface area contributed by atoms with Gasteiger partial charge < -0.3 is 15.8 Å². The molecule has 0 heterocycles. The molecule has 1 aromatic carbocycles. The summed E-state index contributed by atoms with van der Waals surface area (Å²) in [6, 6.07) is 5.92. The Morgan fingerprint density at radius 2 is 2.28 bits per heavy atom. The summed E-state index contributed by atoms with van der Waals surface area (Å²) in [7, 11) is 0. The van der Waals surface area contributed by atoms with Gasteiger partial charge in [-0.2, -0.15) is 0 Å². The molecule has 3 N–H and O–H groups in total. The molecular weight excluding hydrogens is 296 g/mol. The molecule has 0 spiro atoms. The van der Waals surface area contributed by atoms with Crippen molar-refractivity contribution in [3.05, 3.63) is 28.2 Å². The van der Waals surface area contributed by atoms with Crippen LogP contribution in [0.25, 0.3) is 0 Å². The van der Waals surface area contributed by atoms with Crippen LogP contribution >= 0.6 is 15.9 Å². The van der Waals surface area contributed by atoms with Gasteiger partial charge in [-0.1, -0.05) is 13.0 Å². The molecule has 0 radical (unpaired) electrons. The molecule has 0 aliphatic heterocycles. The molecule has 0 atom stereocenters. The van der Waals surface area contributed by atoms with Crippen molar-refractivity contribution in [1.29, 1.82) is 0 Å². The highest BCUT2D eigenvalue weighted by Gasteiger charge is 2.03. The van der Waals surface area contributed by atoms with E-state index >= 15 is 0 Å². The van der Waals surface area contributed by atoms with Gasteiger partial charge in [-0.05, 0) is 46.6 Å². The van der Waals surface area contributed by atoms with Crippen molar-refractivity contribution in [2.75, 3.05) is 13.2 Å². The van der Waals surface area contributed by atoms with Crippen molar-refractivity contribution >= 4 is 21.8 Å². The molecule has 18 heavy (non-hydrogen) atoms. The number of amides is 1. The lowest BCUT2D eigenvalue weighted by molar-refractivity contribution is -0.118. The highest BCUT2D eigenvalue weighted by Crippen LogP contribution is 2.26. The smallest absolute Gasteiger partial charge is 0.220 e. The fourth-order valence-electron chi connectivity index (χ4n) is 1.44. The third-order valence-corrected chi connectivity index (χ3v) is 2.98. The standard InChI is InChI=1S/C13H19BrN2O2/c1-2-6-16-9-10-3-4-12(11(14)8-10)18-7-5-13(15)17/h3-4,8,16H,2,5-7,9H2,1H3,(H2,15,17). The minimum absolute atomic E-state index is 0.228. The van der Waals surface area contributed by atoms with Gasteiger partial charge >= 0.3 is 0 Å². The van der Waals surface area contributed by atoms with Crippen LogP contribution in [0.15, 0.2) is 22.7 Å². The Kier molecular flexibility index (Phi) is 6.75. The zero-order chi connectivity index (χ0) is 13.4. The first-order valence-electron chi connectivity index (χ1n) is 6.03. The molecule has 0 unspecified atom stereocenters. The average molecular weight is 315 g/mol. The van der Waals surface area contributed by atoms with Crippen LogP contribution < -0.4 is 15.8 Å². The fourth-order valence-corrected chi connectivity index (χ4v) is 1.98. The Morgan fingerprint density at radius 3 is 2.89 bits per heavy atom. The molecule has 0 aliphatic carbocycles. The first kappa shape index (κ1) is 15.0. The van der Waals surface area contributed by atoms with Crippen molar-refractivity contribution in [3.8, 4) is 5.75 Å². The molecule has 0 aliphatic rings. The maximum Gasteiger partial charge on any atom is 0.220 e. The number of carbonyl (C=O) groups is 1. The van der Waals surface area contributed by atoms with Crippen LogP contribution in [0.5, 0.6) is 5.75 Å². The van der Waals surface area contributed by atoms with Crippen LogP contribution in [0.1, 0.15) is 25.3 Å². The van der Waals surface area contributed by atoms with Crippen molar-refractivity contribution in [2.45, 2.75) is 26.3 Å². The van der Waals surface area contributed by atoms with Gasteiger partial charge in [-0.15, -0.1) is 0 Å². The van der Waals surface area contributed by atoms with Crippen LogP contribution in [0, 0.1) is 0 Å². The van der Waals surface area contributed by atoms with Crippen molar-refractivity contribution < 1.29 is 9.53 Å². The predicted octanol–water partition coefficient (Wildman–Crippen LogP) is 2.20. The van der Waals surface area contributed by atoms with Crippen LogP contribution in [0.4, 0.5) is 0 Å². The second-order valence-corrected chi connectivity index (χ2v) is 4.86. The second-order valence-electron chi connectivity index (χ2n) is 4.01. The van der Waals surface area contributed by atoms with E-state index in [1.165, 1.54) is 5.56 Å². The van der Waals surface area contributed by atoms with Crippen molar-refractivity contribution in [2.24, 2.45) is 5.73 Å². The highest BCUT2D eigenvalue weighted by atomic mass is 79.9. The van der Waals surface area contributed by atoms with Gasteiger partial charge in [0.25, 0.3) is 0 Å². The van der Waals surface area contributed by atoms with Crippen LogP contribution in [0.2, 0.25) is 0 Å². The molecule has 0 saturated heterocycles. The van der Waals surface area contributed by atoms with E-state index < -0.39 is 0 Å². The van der Waals surface area contributed by atoms with Gasteiger partial charge in [0.1, 0.15) is 5.75 Å². The Hall–Kier alpha value is -1.07. The molecule has 100 valence electrons. The molecule has 0 aromatic heterocycles. The number of carbonyl (C=O) groups excluding carboxylic acids is 1. The number of rotatable bonds is 8. The van der Waals surface area contributed by atoms with E-state index in [1.807, 2.05) is 18.2 Å². The number of halogens is 1. The average Bonchev–Trinajstić information content (AvgIpc) is 2.32. The second kappa shape index (κ2) is 8.11. The van der Waals surface area contributed by atoms with E-state index in [0.29, 0.717) is 6.61 Å². The van der Waals surface area contributed by atoms with Gasteiger partial charge in [-0.3, -0.25) is 4.79 Å². The van der Waals surface area contributed by atoms with Crippen molar-refractivity contribution in [3.63, 3.8) is 0 Å². The molecule has 0 bridgehead atoms. The van der Waals surface area contributed by atoms with E-state index in [4.69, 9.17) is 10.5 Å². The fraction of sp³-hybridized carbons (Fsp3) is 0.462. The lowest BCUT2D eigenvalue weighted by Crippen LogP contribution is -2.15. The Bertz CT molecular complexity index is 397. The summed E-state index contributed by atoms with van der Waals surface area (Å²) in [6.45, 7) is 4.29. The van der Waals surface area contributed by atoms with E-state index in [9.17, 15) is 4.79 Å². The lowest BCUT2D eigenvalue weighted by atomic mass is 10.2. The van der Waals surface area contributed by atoms with Gasteiger partial charge in [-0.25, -0.2) is 0 Å². The zero-order valence-electron chi connectivity index (χ0n) is 10.5. The molecular formula is C13H19BrN2O2. The monoisotopic (exact) mass is 314 g/mol. The quantitative estimate of drug-likeness (QED) is 0.723. The minimum atomic E-state index is -0.355. The topological polar surface area (TPSA) is 64.3 Å². The van der Waals surface area contributed by atoms with E-state index in [1.54, 1.807) is 0 Å². The number of hydrogen-bond donors (Lipinski definition) is 2. The molecule has 0 saturated carbocycles. The summed E-state index contributed by atoms with van der Waals surface area (Å²) in [5, 5.41) is 3.33. The molecule has 1 aromatic rings. The van der Waals surface area contributed by atoms with Gasteiger partial charge in [0, 0.05) is 6.54 Å². The maximum absolute atomic E-state index is 10.6. The lowest BCUT2D eigenvalue weighted by Gasteiger charge is -2.09. The summed E-state index contributed by atoms with van der Waals surface area (Å²) in [4.78, 5) is 10.6. The third-order valence-electron chi connectivity index (χ3n) is 2.36. The third kappa shape index (κ3) is 5.51. The molecule has 4 nitrogen and oxygen atoms in total. The van der Waals surface area contributed by atoms with Gasteiger partial charge in [0.2, 0.25) is 5.91 Å². The minimum Gasteiger partial charge on any atom is -0.492 e. The number of ether oxygens (including phenoxy) is 1. The SMILES string of the molecule is CCCNCc1ccc(OCCC(N)=O)c(Br)c1. The van der Waals surface area contributed by atoms with Crippen LogP contribution in [-0.4, -0.2) is 19.1 Å². The van der Waals surface area contributed by atoms with Crippen LogP contribution in [0.3, 0.4) is 0 Å². The van der Waals surface area contributed by atoms with Gasteiger partial charge in [0.05, 0.1) is 17.5 Å². The molecule has 5 heteroatoms. The number of primary amides is 1. The van der Waals surface area contributed by atoms with E-state index in [-0.39, 0.29) is 12.3 Å². The largest absolute Gasteiger partial charge is 0.492 e. The summed E-state index contributed by atoms with van der Waals surface area (Å²) in [5.41, 5.74) is 6.24. The van der Waals surface area contributed by atoms with Crippen LogP contribution in [-0.2, 0) is 11.3 Å². The summed E-state index contributed by atoms with van der Waals surface area (Å²) >= 11 is 3.45. The van der Waals surface area contributed by atoms with Crippen molar-refractivity contribution in [1.82, 2.24) is 5.32 Å². The Balaban J connectivity index is 2.48. The normalized spacial score (nSPS) is 10.3. The highest BCUT2D eigenvalue weighted by molar-refractivity contribution is 9.10. The van der Waals surface area contributed by atoms with E-state index in [2.05, 4.69) is 28.2 Å². The molecule has 1 rings (SSSR count). The first-order valence-corrected chi connectivity index (χ1v) is 6.83. The number of nitrogens with two attached hydrogens (primary N) is 1. The number of hydrogen-bond acceptors (Lipinski definition) is 3. The molecule has 0 fully saturated rings.